The molecule has 0 aliphatic rings. The molecule has 0 fully saturated rings. The van der Waals surface area contributed by atoms with Gasteiger partial charge in [0.2, 0.25) is 0 Å². The van der Waals surface area contributed by atoms with Crippen LogP contribution in [0.3, 0.4) is 0 Å². The molecular formula is C8H9BrN2. The Morgan fingerprint density at radius 3 is 3.00 bits per heavy atom. The SMILES string of the molecule is C=CNc1ncc(Br)cc1C. The lowest BCUT2D eigenvalue weighted by molar-refractivity contribution is 1.24. The second-order valence-corrected chi connectivity index (χ2v) is 3.08. The molecule has 1 rings (SSSR count). The molecule has 58 valence electrons. The van der Waals surface area contributed by atoms with E-state index in [9.17, 15) is 0 Å². The highest BCUT2D eigenvalue weighted by molar-refractivity contribution is 9.10. The van der Waals surface area contributed by atoms with Crippen LogP contribution in [0.4, 0.5) is 5.82 Å². The summed E-state index contributed by atoms with van der Waals surface area (Å²) in [7, 11) is 0. The number of anilines is 1. The fourth-order valence-corrected chi connectivity index (χ4v) is 1.23. The molecule has 0 aromatic carbocycles. The number of hydrogen-bond acceptors (Lipinski definition) is 2. The molecule has 3 heteroatoms. The first-order valence-corrected chi connectivity index (χ1v) is 4.03. The zero-order chi connectivity index (χ0) is 8.27. The second kappa shape index (κ2) is 3.53. The van der Waals surface area contributed by atoms with Crippen molar-refractivity contribution >= 4 is 21.7 Å². The summed E-state index contributed by atoms with van der Waals surface area (Å²) in [5.41, 5.74) is 1.10. The van der Waals surface area contributed by atoms with Gasteiger partial charge >= 0.3 is 0 Å². The minimum atomic E-state index is 0.850. The van der Waals surface area contributed by atoms with E-state index >= 15 is 0 Å². The molecule has 0 saturated heterocycles. The number of pyridine rings is 1. The van der Waals surface area contributed by atoms with E-state index < -0.39 is 0 Å². The van der Waals surface area contributed by atoms with E-state index in [0.717, 1.165) is 15.9 Å². The third-order valence-electron chi connectivity index (χ3n) is 1.28. The van der Waals surface area contributed by atoms with Gasteiger partial charge < -0.3 is 5.32 Å². The van der Waals surface area contributed by atoms with Crippen LogP contribution in [-0.4, -0.2) is 4.98 Å². The van der Waals surface area contributed by atoms with Crippen molar-refractivity contribution < 1.29 is 0 Å². The number of rotatable bonds is 2. The molecule has 1 aromatic rings. The quantitative estimate of drug-likeness (QED) is 0.816. The number of aryl methyl sites for hydroxylation is 1. The van der Waals surface area contributed by atoms with Gasteiger partial charge in [0.05, 0.1) is 0 Å². The Labute approximate surface area is 74.5 Å². The lowest BCUT2D eigenvalue weighted by atomic mass is 10.3. The van der Waals surface area contributed by atoms with Gasteiger partial charge in [-0.05, 0) is 40.7 Å². The normalized spacial score (nSPS) is 9.27. The second-order valence-electron chi connectivity index (χ2n) is 2.17. The molecule has 1 aromatic heterocycles. The van der Waals surface area contributed by atoms with Crippen LogP contribution in [0.25, 0.3) is 0 Å². The van der Waals surface area contributed by atoms with Crippen molar-refractivity contribution in [3.63, 3.8) is 0 Å². The molecule has 0 radical (unpaired) electrons. The van der Waals surface area contributed by atoms with Gasteiger partial charge in [-0.1, -0.05) is 6.58 Å². The van der Waals surface area contributed by atoms with Crippen molar-refractivity contribution in [2.24, 2.45) is 0 Å². The highest BCUT2D eigenvalue weighted by atomic mass is 79.9. The molecule has 0 amide bonds. The highest BCUT2D eigenvalue weighted by Crippen LogP contribution is 2.16. The Morgan fingerprint density at radius 2 is 2.45 bits per heavy atom. The fraction of sp³-hybridized carbons (Fsp3) is 0.125. The summed E-state index contributed by atoms with van der Waals surface area (Å²) in [6.07, 6.45) is 3.36. The maximum atomic E-state index is 4.14. The smallest absolute Gasteiger partial charge is 0.132 e. The van der Waals surface area contributed by atoms with Gasteiger partial charge in [-0.3, -0.25) is 0 Å². The molecule has 11 heavy (non-hydrogen) atoms. The Hall–Kier alpha value is -0.830. The lowest BCUT2D eigenvalue weighted by Gasteiger charge is -2.02. The number of nitrogens with one attached hydrogen (secondary N) is 1. The average molecular weight is 213 g/mol. The first-order valence-electron chi connectivity index (χ1n) is 3.23. The summed E-state index contributed by atoms with van der Waals surface area (Å²) in [6, 6.07) is 2.00. The molecule has 0 bridgehead atoms. The predicted octanol–water partition coefficient (Wildman–Crippen LogP) is 2.71. The summed E-state index contributed by atoms with van der Waals surface area (Å²) in [4.78, 5) is 4.14. The number of aromatic nitrogens is 1. The molecule has 0 unspecified atom stereocenters. The van der Waals surface area contributed by atoms with Crippen molar-refractivity contribution in [3.8, 4) is 0 Å². The summed E-state index contributed by atoms with van der Waals surface area (Å²) in [5, 5.41) is 2.93. The van der Waals surface area contributed by atoms with Gasteiger partial charge in [0.1, 0.15) is 5.82 Å². The van der Waals surface area contributed by atoms with Gasteiger partial charge in [0, 0.05) is 10.7 Å². The zero-order valence-electron chi connectivity index (χ0n) is 6.26. The maximum absolute atomic E-state index is 4.14. The van der Waals surface area contributed by atoms with Crippen LogP contribution in [-0.2, 0) is 0 Å². The standard InChI is InChI=1S/C8H9BrN2/c1-3-10-8-6(2)4-7(9)5-11-8/h3-5H,1H2,2H3,(H,10,11). The van der Waals surface area contributed by atoms with E-state index in [0.29, 0.717) is 0 Å². The molecule has 0 atom stereocenters. The topological polar surface area (TPSA) is 24.9 Å². The van der Waals surface area contributed by atoms with Crippen LogP contribution in [0.2, 0.25) is 0 Å². The first kappa shape index (κ1) is 8.27. The summed E-state index contributed by atoms with van der Waals surface area (Å²) < 4.78 is 0.990. The Morgan fingerprint density at radius 1 is 1.73 bits per heavy atom. The van der Waals surface area contributed by atoms with E-state index in [1.165, 1.54) is 0 Å². The number of halogens is 1. The van der Waals surface area contributed by atoms with Crippen LogP contribution in [0, 0.1) is 6.92 Å². The Bertz CT molecular complexity index is 271. The molecule has 1 N–H and O–H groups in total. The molecule has 0 aliphatic heterocycles. The number of hydrogen-bond donors (Lipinski definition) is 1. The monoisotopic (exact) mass is 212 g/mol. The molecule has 0 saturated carbocycles. The zero-order valence-corrected chi connectivity index (χ0v) is 7.85. The molecule has 2 nitrogen and oxygen atoms in total. The van der Waals surface area contributed by atoms with Gasteiger partial charge in [0.25, 0.3) is 0 Å². The van der Waals surface area contributed by atoms with E-state index in [4.69, 9.17) is 0 Å². The van der Waals surface area contributed by atoms with Crippen LogP contribution in [0.1, 0.15) is 5.56 Å². The van der Waals surface area contributed by atoms with Gasteiger partial charge in [0.15, 0.2) is 0 Å². The third kappa shape index (κ3) is 2.05. The van der Waals surface area contributed by atoms with Gasteiger partial charge in [-0.2, -0.15) is 0 Å². The summed E-state index contributed by atoms with van der Waals surface area (Å²) in [6.45, 7) is 5.55. The molecule has 1 heterocycles. The molecule has 0 spiro atoms. The van der Waals surface area contributed by atoms with Crippen molar-refractivity contribution in [2.45, 2.75) is 6.92 Å². The lowest BCUT2D eigenvalue weighted by Crippen LogP contribution is -1.93. The maximum Gasteiger partial charge on any atom is 0.132 e. The van der Waals surface area contributed by atoms with Crippen LogP contribution in [0.5, 0.6) is 0 Å². The fourth-order valence-electron chi connectivity index (χ4n) is 0.788. The average Bonchev–Trinajstić information content (AvgIpc) is 1.95. The van der Waals surface area contributed by atoms with E-state index in [2.05, 4.69) is 32.8 Å². The minimum absolute atomic E-state index is 0.850. The largest absolute Gasteiger partial charge is 0.347 e. The van der Waals surface area contributed by atoms with Crippen molar-refractivity contribution in [2.75, 3.05) is 5.32 Å². The van der Waals surface area contributed by atoms with E-state index in [-0.39, 0.29) is 0 Å². The number of nitrogens with zero attached hydrogens (tertiary/aromatic N) is 1. The van der Waals surface area contributed by atoms with Crippen LogP contribution < -0.4 is 5.32 Å². The van der Waals surface area contributed by atoms with E-state index in [1.807, 2.05) is 13.0 Å². The van der Waals surface area contributed by atoms with E-state index in [1.54, 1.807) is 12.4 Å². The van der Waals surface area contributed by atoms with Crippen molar-refractivity contribution in [1.82, 2.24) is 4.98 Å². The van der Waals surface area contributed by atoms with Gasteiger partial charge in [-0.15, -0.1) is 0 Å². The van der Waals surface area contributed by atoms with Crippen LogP contribution >= 0.6 is 15.9 Å². The highest BCUT2D eigenvalue weighted by Gasteiger charge is 1.96. The Kier molecular flexibility index (Phi) is 2.65. The van der Waals surface area contributed by atoms with Crippen molar-refractivity contribution in [1.29, 1.82) is 0 Å². The summed E-state index contributed by atoms with van der Waals surface area (Å²) in [5.74, 6) is 0.850. The van der Waals surface area contributed by atoms with Gasteiger partial charge in [-0.25, -0.2) is 4.98 Å². The minimum Gasteiger partial charge on any atom is -0.347 e. The molecular weight excluding hydrogens is 204 g/mol. The van der Waals surface area contributed by atoms with Crippen LogP contribution in [0.15, 0.2) is 29.5 Å². The van der Waals surface area contributed by atoms with Crippen molar-refractivity contribution in [3.05, 3.63) is 35.1 Å². The molecule has 0 aliphatic carbocycles. The predicted molar refractivity (Wildman–Crippen MR) is 50.5 cm³/mol. The third-order valence-corrected chi connectivity index (χ3v) is 1.72. The Balaban J connectivity index is 2.98. The first-order chi connectivity index (χ1) is 5.24. The summed E-state index contributed by atoms with van der Waals surface area (Å²) >= 11 is 3.33.